The van der Waals surface area contributed by atoms with Crippen LogP contribution < -0.4 is 59.4 Å². The van der Waals surface area contributed by atoms with Crippen molar-refractivity contribution in [2.75, 3.05) is 82.5 Å². The number of nitrogens with one attached hydrogen (secondary N) is 5. The number of aromatic amines is 1. The van der Waals surface area contributed by atoms with Gasteiger partial charge in [0.2, 0.25) is 5.56 Å². The van der Waals surface area contributed by atoms with E-state index in [1.807, 2.05) is 78.2 Å². The summed E-state index contributed by atoms with van der Waals surface area (Å²) in [6.07, 6.45) is 12.6. The van der Waals surface area contributed by atoms with Crippen molar-refractivity contribution in [2.24, 2.45) is 0 Å². The maximum absolute atomic E-state index is 12.6. The number of methoxy groups -OCH3 is 1. The van der Waals surface area contributed by atoms with Crippen molar-refractivity contribution in [1.29, 1.82) is 0 Å². The number of hydrogen-bond donors (Lipinski definition) is 9. The van der Waals surface area contributed by atoms with E-state index in [9.17, 15) is 24.0 Å². The monoisotopic (exact) mass is 1320 g/mol. The Balaban J connectivity index is 0.000000461. The number of rotatable bonds is 14. The van der Waals surface area contributed by atoms with Gasteiger partial charge in [0.25, 0.3) is 23.6 Å². The number of morpholine rings is 1. The van der Waals surface area contributed by atoms with Gasteiger partial charge in [0.05, 0.1) is 78.5 Å². The number of nitrogens with two attached hydrogens (primary N) is 4. The van der Waals surface area contributed by atoms with Gasteiger partial charge < -0.3 is 63.6 Å². The van der Waals surface area contributed by atoms with Crippen LogP contribution in [0.3, 0.4) is 0 Å². The Hall–Kier alpha value is -13.2. The van der Waals surface area contributed by atoms with E-state index < -0.39 is 23.6 Å². The Labute approximate surface area is 564 Å². The lowest BCUT2D eigenvalue weighted by Crippen LogP contribution is -2.36. The van der Waals surface area contributed by atoms with Crippen LogP contribution in [0.25, 0.3) is 44.3 Å². The second-order valence-corrected chi connectivity index (χ2v) is 21.2. The number of aromatic nitrogens is 11. The highest BCUT2D eigenvalue weighted by molar-refractivity contribution is 7.13. The molecule has 1 fully saturated rings. The third-order valence-corrected chi connectivity index (χ3v) is 14.6. The molecule has 0 radical (unpaired) electrons. The summed E-state index contributed by atoms with van der Waals surface area (Å²) in [5, 5.41) is 12.9. The zero-order chi connectivity index (χ0) is 67.2. The normalized spacial score (nSPS) is 11.3. The van der Waals surface area contributed by atoms with Crippen LogP contribution in [-0.2, 0) is 4.74 Å². The average Bonchev–Trinajstić information content (AvgIpc) is 1.38. The summed E-state index contributed by atoms with van der Waals surface area (Å²) >= 11 is 1.52. The highest BCUT2D eigenvalue weighted by atomic mass is 32.1. The summed E-state index contributed by atoms with van der Waals surface area (Å²) in [7, 11) is 1.54. The van der Waals surface area contributed by atoms with E-state index in [4.69, 9.17) is 32.4 Å². The molecule has 96 heavy (non-hydrogen) atoms. The second-order valence-electron chi connectivity index (χ2n) is 20.2. The van der Waals surface area contributed by atoms with Crippen molar-refractivity contribution in [3.8, 4) is 50.1 Å². The summed E-state index contributed by atoms with van der Waals surface area (Å²) in [5.41, 5.74) is 30.1. The van der Waals surface area contributed by atoms with Gasteiger partial charge in [-0.15, -0.1) is 11.3 Å². The summed E-state index contributed by atoms with van der Waals surface area (Å²) < 4.78 is 10.6. The van der Waals surface area contributed by atoms with Gasteiger partial charge in [0.1, 0.15) is 11.6 Å². The smallest absolute Gasteiger partial charge is 0.278 e. The quantitative estimate of drug-likeness (QED) is 0.0488. The molecule has 1 aliphatic heterocycles. The van der Waals surface area contributed by atoms with Gasteiger partial charge in [-0.2, -0.15) is 0 Å². The Bertz CT molecular complexity index is 4690. The summed E-state index contributed by atoms with van der Waals surface area (Å²) in [6, 6.07) is 48.5. The second kappa shape index (κ2) is 32.2. The number of hydrogen-bond acceptors (Lipinski definition) is 23. The van der Waals surface area contributed by atoms with Crippen LogP contribution in [0, 0.1) is 0 Å². The van der Waals surface area contributed by atoms with E-state index in [0.717, 1.165) is 34.9 Å². The first-order valence-corrected chi connectivity index (χ1v) is 30.1. The molecule has 0 bridgehead atoms. The highest BCUT2D eigenvalue weighted by Crippen LogP contribution is 2.28. The minimum atomic E-state index is -0.451. The molecule has 0 aliphatic carbocycles. The molecule has 12 aromatic rings. The molecule has 1 aliphatic rings. The first kappa shape index (κ1) is 65.7. The van der Waals surface area contributed by atoms with Crippen molar-refractivity contribution >= 4 is 86.8 Å². The fourth-order valence-electron chi connectivity index (χ4n) is 8.90. The number of nitrogens with zero attached hydrogens (tertiary/aromatic N) is 11. The Morgan fingerprint density at radius 3 is 1.40 bits per heavy atom. The molecule has 9 heterocycles. The standard InChI is InChI=1S/C20H20N6O2.C16H13N5O2.C16H13N5O.C16H14N4O2S.8H2/c21-19-18(20(27)24-15-4-2-1-3-5-15)25-16(13-23-19)14-6-7-17(22-12-14)26-8-10-28-11-9-26;17-15-14(16(23)20-11-4-2-1-3-5-11)21-12(9-19-15)10-6-7-13(22)18-8-10;17-15-14(16(22)20-12-4-2-1-3-5-12)21-13(10-19-15)11-6-8-18-9-7-11;1-22-12-6-3-2-5-10(12)20-16(21)14-15(17)18-9-11(19-14)13-7-4-8-23-13;;;;;;;;/h1-7,12-13H,8-11H2,(H2,21,23)(H,24,27);1-9H,(H2,17,19)(H,18,22)(H,20,23);1-10H,(H2,17,19)(H,20,22);2-9H,1H3,(H2,17,18)(H,20,21);8*1H. The van der Waals surface area contributed by atoms with Crippen molar-refractivity contribution in [3.63, 3.8) is 0 Å². The number of anilines is 9. The summed E-state index contributed by atoms with van der Waals surface area (Å²) in [5.74, 6) is 0.0401. The maximum atomic E-state index is 12.6. The number of benzene rings is 4. The Kier molecular flexibility index (Phi) is 22.0. The number of thiophene rings is 1. The molecule has 0 saturated carbocycles. The number of ether oxygens (including phenoxy) is 2. The van der Waals surface area contributed by atoms with Gasteiger partial charge in [0, 0.05) is 89.1 Å². The number of para-hydroxylation sites is 5. The molecule has 496 valence electrons. The molecule has 28 heteroatoms. The molecule has 27 nitrogen and oxygen atoms in total. The molecule has 8 aromatic heterocycles. The lowest BCUT2D eigenvalue weighted by Gasteiger charge is -2.27. The molecular formula is C68H76N20O7S. The average molecular weight is 1320 g/mol. The molecule has 0 spiro atoms. The first-order valence-electron chi connectivity index (χ1n) is 29.2. The van der Waals surface area contributed by atoms with Crippen LogP contribution in [-0.4, -0.2) is 112 Å². The van der Waals surface area contributed by atoms with Gasteiger partial charge >= 0.3 is 0 Å². The fraction of sp³-hybridized carbons (Fsp3) is 0.0735. The lowest BCUT2D eigenvalue weighted by atomic mass is 10.2. The number of H-pyrrole nitrogens is 1. The van der Waals surface area contributed by atoms with Crippen molar-refractivity contribution in [1.82, 2.24) is 54.8 Å². The van der Waals surface area contributed by atoms with Crippen molar-refractivity contribution in [3.05, 3.63) is 252 Å². The van der Waals surface area contributed by atoms with E-state index in [1.165, 1.54) is 43.1 Å². The summed E-state index contributed by atoms with van der Waals surface area (Å²) in [6.45, 7) is 3.04. The van der Waals surface area contributed by atoms with Crippen LogP contribution in [0.4, 0.5) is 51.8 Å². The third-order valence-electron chi connectivity index (χ3n) is 13.7. The van der Waals surface area contributed by atoms with Crippen LogP contribution in [0.1, 0.15) is 53.4 Å². The third kappa shape index (κ3) is 17.6. The lowest BCUT2D eigenvalue weighted by molar-refractivity contribution is 0.101. The van der Waals surface area contributed by atoms with Gasteiger partial charge in [0.15, 0.2) is 46.0 Å². The van der Waals surface area contributed by atoms with E-state index in [1.54, 1.807) is 116 Å². The molecule has 13 rings (SSSR count). The van der Waals surface area contributed by atoms with E-state index in [0.29, 0.717) is 70.1 Å². The molecule has 0 atom stereocenters. The molecule has 0 unspecified atom stereocenters. The Morgan fingerprint density at radius 2 is 0.938 bits per heavy atom. The summed E-state index contributed by atoms with van der Waals surface area (Å²) in [4.78, 5) is 108. The van der Waals surface area contributed by atoms with E-state index >= 15 is 0 Å². The molecule has 4 amide bonds. The van der Waals surface area contributed by atoms with E-state index in [-0.39, 0.29) is 63.0 Å². The fourth-order valence-corrected chi connectivity index (χ4v) is 9.58. The van der Waals surface area contributed by atoms with Gasteiger partial charge in [-0.3, -0.25) is 29.0 Å². The van der Waals surface area contributed by atoms with E-state index in [2.05, 4.69) is 81.0 Å². The van der Waals surface area contributed by atoms with Gasteiger partial charge in [-0.25, -0.2) is 44.9 Å². The topological polar surface area (TPSA) is 404 Å². The highest BCUT2D eigenvalue weighted by Gasteiger charge is 2.21. The number of amides is 4. The van der Waals surface area contributed by atoms with Crippen molar-refractivity contribution in [2.45, 2.75) is 0 Å². The predicted molar refractivity (Wildman–Crippen MR) is 386 cm³/mol. The number of nitrogen functional groups attached to an aromatic ring is 4. The Morgan fingerprint density at radius 1 is 0.490 bits per heavy atom. The minimum absolute atomic E-state index is 0. The predicted octanol–water partition coefficient (Wildman–Crippen LogP) is 11.3. The molecule has 13 N–H and O–H groups in total. The molecule has 1 saturated heterocycles. The van der Waals surface area contributed by atoms with Crippen LogP contribution in [0.5, 0.6) is 5.75 Å². The van der Waals surface area contributed by atoms with Crippen LogP contribution in [0.2, 0.25) is 0 Å². The first-order chi connectivity index (χ1) is 46.8. The number of carbonyl (C=O) groups excluding carboxylic acids is 4. The zero-order valence-electron chi connectivity index (χ0n) is 51.1. The zero-order valence-corrected chi connectivity index (χ0v) is 51.9. The molecular weight excluding hydrogens is 1240 g/mol. The minimum Gasteiger partial charge on any atom is -0.495 e. The van der Waals surface area contributed by atoms with Gasteiger partial charge in [-0.1, -0.05) is 72.8 Å². The maximum Gasteiger partial charge on any atom is 0.278 e. The van der Waals surface area contributed by atoms with Crippen molar-refractivity contribution < 1.29 is 40.1 Å². The number of pyridine rings is 3. The van der Waals surface area contributed by atoms with Crippen LogP contribution in [0.15, 0.2) is 224 Å². The largest absolute Gasteiger partial charge is 0.495 e. The SMILES string of the molecule is COc1ccccc1NC(=O)c1nc(-c2cccs2)cnc1N.Nc1ncc(-c2ccc(=O)[nH]c2)nc1C(=O)Nc1ccccc1.Nc1ncc(-c2ccc(N3CCOCC3)nc2)nc1C(=O)Nc1ccccc1.Nc1ncc(-c2ccncc2)nc1C(=O)Nc1ccccc1.[HH].[HH].[HH].[HH].[HH].[HH].[HH].[HH]. The van der Waals surface area contributed by atoms with Crippen LogP contribution >= 0.6 is 11.3 Å². The van der Waals surface area contributed by atoms with Gasteiger partial charge in [-0.05, 0) is 90.3 Å². The number of carbonyl (C=O) groups is 4. The molecule has 4 aromatic carbocycles.